The van der Waals surface area contributed by atoms with Gasteiger partial charge in [0.05, 0.1) is 7.11 Å². The van der Waals surface area contributed by atoms with Crippen molar-refractivity contribution in [2.75, 3.05) is 13.4 Å². The molecule has 1 N–H and O–H groups in total. The van der Waals surface area contributed by atoms with Gasteiger partial charge in [-0.2, -0.15) is 0 Å². The van der Waals surface area contributed by atoms with Crippen molar-refractivity contribution in [3.8, 4) is 0 Å². The third kappa shape index (κ3) is 3.70. The molecule has 0 saturated heterocycles. The van der Waals surface area contributed by atoms with Gasteiger partial charge in [0.1, 0.15) is 0 Å². The van der Waals surface area contributed by atoms with Gasteiger partial charge in [0.2, 0.25) is 22.2 Å². The predicted molar refractivity (Wildman–Crippen MR) is 38.0 cm³/mol. The minimum Gasteiger partial charge on any atom is -0.369 e. The third-order valence-electron chi connectivity index (χ3n) is 0.496. The summed E-state index contributed by atoms with van der Waals surface area (Å²) in [6.45, 7) is 0. The first-order valence-electron chi connectivity index (χ1n) is 2.14. The lowest BCUT2D eigenvalue weighted by Crippen LogP contribution is -2.12. The van der Waals surface area contributed by atoms with Crippen LogP contribution in [-0.4, -0.2) is 27.0 Å². The molecule has 0 aromatic rings. The normalized spacial score (nSPS) is 15.8. The summed E-state index contributed by atoms with van der Waals surface area (Å²) in [5, 5.41) is 6.15. The first kappa shape index (κ1) is 9.73. The summed E-state index contributed by atoms with van der Waals surface area (Å²) < 4.78 is 29.1. The van der Waals surface area contributed by atoms with Gasteiger partial charge in [0, 0.05) is 6.26 Å². The highest BCUT2D eigenvalue weighted by atomic mass is 32.2. The second-order valence-corrected chi connectivity index (χ2v) is 3.32. The minimum atomic E-state index is -1.92. The molecule has 0 heterocycles. The predicted octanol–water partition coefficient (Wildman–Crippen LogP) is -0.459. The molecular formula is C3H7NO4S2. The van der Waals surface area contributed by atoms with E-state index < -0.39 is 27.4 Å². The molecule has 0 fully saturated rings. The summed E-state index contributed by atoms with van der Waals surface area (Å²) in [5.74, 6) is 0. The highest BCUT2D eigenvalue weighted by molar-refractivity contribution is 7.97. The van der Waals surface area contributed by atoms with E-state index >= 15 is 0 Å². The van der Waals surface area contributed by atoms with Crippen LogP contribution in [0.5, 0.6) is 0 Å². The Labute approximate surface area is 63.5 Å². The number of hydrogen-bond donors (Lipinski definition) is 1. The molecule has 2 unspecified atom stereocenters. The zero-order chi connectivity index (χ0) is 8.15. The van der Waals surface area contributed by atoms with Crippen molar-refractivity contribution in [1.29, 1.82) is 5.41 Å². The molecule has 0 rings (SSSR count). The second-order valence-electron chi connectivity index (χ2n) is 1.17. The van der Waals surface area contributed by atoms with Crippen LogP contribution in [0.15, 0.2) is 0 Å². The van der Waals surface area contributed by atoms with Crippen molar-refractivity contribution in [2.24, 2.45) is 0 Å². The minimum absolute atomic E-state index is 0.636. The largest absolute Gasteiger partial charge is 0.369 e. The van der Waals surface area contributed by atoms with E-state index in [0.29, 0.717) is 0 Å². The summed E-state index contributed by atoms with van der Waals surface area (Å²) in [6.07, 6.45) is 1.22. The van der Waals surface area contributed by atoms with Crippen LogP contribution in [0.4, 0.5) is 0 Å². The maximum Gasteiger partial charge on any atom is 0.316 e. The first-order chi connectivity index (χ1) is 4.57. The van der Waals surface area contributed by atoms with E-state index in [1.54, 1.807) is 0 Å². The number of nitrogens with one attached hydrogen (secondary N) is 1. The summed E-state index contributed by atoms with van der Waals surface area (Å²) >= 11 is -3.54. The lowest BCUT2D eigenvalue weighted by atomic mass is 11.5. The van der Waals surface area contributed by atoms with Crippen LogP contribution >= 0.6 is 0 Å². The molecule has 0 saturated carbocycles. The number of rotatable bonds is 2. The van der Waals surface area contributed by atoms with Gasteiger partial charge < -0.3 is 4.18 Å². The molecule has 0 aromatic carbocycles. The van der Waals surface area contributed by atoms with Crippen LogP contribution in [0.25, 0.3) is 0 Å². The third-order valence-corrected chi connectivity index (χ3v) is 1.69. The van der Waals surface area contributed by atoms with E-state index in [9.17, 15) is 8.42 Å². The monoisotopic (exact) mass is 185 g/mol. The van der Waals surface area contributed by atoms with Gasteiger partial charge in [-0.05, 0) is 0 Å². The molecule has 0 aliphatic carbocycles. The fraction of sp³-hybridized carbons (Fsp3) is 0.667. The Morgan fingerprint density at radius 1 is 1.50 bits per heavy atom. The average Bonchev–Trinajstić information content (AvgIpc) is 1.85. The zero-order valence-electron chi connectivity index (χ0n) is 5.45. The van der Waals surface area contributed by atoms with Gasteiger partial charge in [0.25, 0.3) is 0 Å². The van der Waals surface area contributed by atoms with Crippen molar-refractivity contribution in [3.63, 3.8) is 0 Å². The van der Waals surface area contributed by atoms with E-state index in [4.69, 9.17) is 5.41 Å². The van der Waals surface area contributed by atoms with Crippen molar-refractivity contribution in [1.82, 2.24) is 0 Å². The molecule has 0 aliphatic heterocycles. The molecule has 5 nitrogen and oxygen atoms in total. The van der Waals surface area contributed by atoms with Crippen molar-refractivity contribution in [2.45, 2.75) is 0 Å². The zero-order valence-corrected chi connectivity index (χ0v) is 7.08. The molecule has 0 radical (unpaired) electrons. The Balaban J connectivity index is 3.86. The van der Waals surface area contributed by atoms with Crippen molar-refractivity contribution < 1.29 is 16.8 Å². The van der Waals surface area contributed by atoms with Gasteiger partial charge in [-0.15, -0.1) is 0 Å². The van der Waals surface area contributed by atoms with Gasteiger partial charge in [-0.25, -0.2) is 8.42 Å². The van der Waals surface area contributed by atoms with E-state index in [1.165, 1.54) is 6.26 Å². The van der Waals surface area contributed by atoms with Gasteiger partial charge in [-0.1, -0.05) is 0 Å². The summed E-state index contributed by atoms with van der Waals surface area (Å²) in [6, 6.07) is 0. The Kier molecular flexibility index (Phi) is 4.41. The van der Waals surface area contributed by atoms with Crippen LogP contribution < -0.4 is 0 Å². The van der Waals surface area contributed by atoms with Gasteiger partial charge >= 0.3 is 5.23 Å². The van der Waals surface area contributed by atoms with E-state index in [1.807, 2.05) is 0 Å². The number of hydrogen-bond acceptors (Lipinski definition) is 5. The molecule has 0 amide bonds. The Bertz CT molecular complexity index is 179. The molecule has 0 aromatic heterocycles. The summed E-state index contributed by atoms with van der Waals surface area (Å²) in [5.41, 5.74) is 0. The lowest BCUT2D eigenvalue weighted by molar-refractivity contribution is 0.447. The second kappa shape index (κ2) is 4.53. The molecule has 0 bridgehead atoms. The SMILES string of the molecule is COS(=O)C(=N)OS(C)=O. The molecule has 60 valence electrons. The van der Waals surface area contributed by atoms with Crippen LogP contribution in [0.1, 0.15) is 0 Å². The topological polar surface area (TPSA) is 76.5 Å². The van der Waals surface area contributed by atoms with Crippen LogP contribution in [-0.2, 0) is 30.5 Å². The van der Waals surface area contributed by atoms with Gasteiger partial charge in [-0.3, -0.25) is 9.59 Å². The maximum absolute atomic E-state index is 10.5. The van der Waals surface area contributed by atoms with Gasteiger partial charge in [0.15, 0.2) is 0 Å². The Hall–Kier alpha value is -0.270. The molecular weight excluding hydrogens is 178 g/mol. The fourth-order valence-corrected chi connectivity index (χ4v) is 1.08. The molecule has 7 heteroatoms. The summed E-state index contributed by atoms with van der Waals surface area (Å²) in [7, 11) is 1.16. The fourth-order valence-electron chi connectivity index (χ4n) is 0.210. The highest BCUT2D eigenvalue weighted by Crippen LogP contribution is 1.90. The van der Waals surface area contributed by atoms with Crippen LogP contribution in [0.2, 0.25) is 0 Å². The molecule has 0 aliphatic rings. The molecule has 0 spiro atoms. The Morgan fingerprint density at radius 2 is 2.00 bits per heavy atom. The van der Waals surface area contributed by atoms with E-state index in [0.717, 1.165) is 7.11 Å². The van der Waals surface area contributed by atoms with Crippen LogP contribution in [0.3, 0.4) is 0 Å². The van der Waals surface area contributed by atoms with Crippen molar-refractivity contribution >= 4 is 27.4 Å². The lowest BCUT2D eigenvalue weighted by Gasteiger charge is -1.98. The standard InChI is InChI=1S/C3H7NO4S2/c1-7-10(6)3(4)8-9(2)5/h4H,1-2H3. The van der Waals surface area contributed by atoms with Crippen LogP contribution in [0, 0.1) is 5.41 Å². The quantitative estimate of drug-likeness (QED) is 0.466. The molecule has 10 heavy (non-hydrogen) atoms. The first-order valence-corrected chi connectivity index (χ1v) is 4.70. The van der Waals surface area contributed by atoms with E-state index in [2.05, 4.69) is 8.37 Å². The average molecular weight is 185 g/mol. The molecule has 2 atom stereocenters. The van der Waals surface area contributed by atoms with Crippen molar-refractivity contribution in [3.05, 3.63) is 0 Å². The Morgan fingerprint density at radius 3 is 2.30 bits per heavy atom. The highest BCUT2D eigenvalue weighted by Gasteiger charge is 2.09. The van der Waals surface area contributed by atoms with E-state index in [-0.39, 0.29) is 0 Å². The smallest absolute Gasteiger partial charge is 0.316 e. The maximum atomic E-state index is 10.5. The summed E-state index contributed by atoms with van der Waals surface area (Å²) in [4.78, 5) is 0.